The highest BCUT2D eigenvalue weighted by Gasteiger charge is 2.39. The zero-order valence-corrected chi connectivity index (χ0v) is 13.2. The van der Waals surface area contributed by atoms with Crippen LogP contribution >= 0.6 is 0 Å². The first-order chi connectivity index (χ1) is 10.8. The molecule has 126 valence electrons. The van der Waals surface area contributed by atoms with Gasteiger partial charge in [-0.15, -0.1) is 15.3 Å². The Morgan fingerprint density at radius 2 is 1.91 bits per heavy atom. The third-order valence-electron chi connectivity index (χ3n) is 4.62. The van der Waals surface area contributed by atoms with E-state index in [0.717, 1.165) is 29.3 Å². The Morgan fingerprint density at radius 1 is 1.22 bits per heavy atom. The van der Waals surface area contributed by atoms with Crippen LogP contribution in [0.4, 0.5) is 19.0 Å². The van der Waals surface area contributed by atoms with Crippen LogP contribution in [-0.2, 0) is 10.9 Å². The topological polar surface area (TPSA) is 64.3 Å². The van der Waals surface area contributed by atoms with Crippen LogP contribution in [0.3, 0.4) is 0 Å². The Kier molecular flexibility index (Phi) is 3.70. The number of fused-ring (bicyclic) bond motifs is 1. The van der Waals surface area contributed by atoms with Crippen LogP contribution in [0.25, 0.3) is 5.65 Å². The number of hydrogen-bond donors (Lipinski definition) is 1. The molecule has 1 aliphatic rings. The van der Waals surface area contributed by atoms with Crippen molar-refractivity contribution in [3.8, 4) is 0 Å². The number of rotatable bonds is 4. The van der Waals surface area contributed by atoms with Crippen LogP contribution in [0.5, 0.6) is 0 Å². The Bertz CT molecular complexity index is 731. The zero-order chi connectivity index (χ0) is 16.8. The van der Waals surface area contributed by atoms with Gasteiger partial charge in [-0.05, 0) is 38.7 Å². The van der Waals surface area contributed by atoms with Crippen molar-refractivity contribution >= 4 is 11.5 Å². The molecule has 0 unspecified atom stereocenters. The monoisotopic (exact) mass is 329 g/mol. The first kappa shape index (κ1) is 16.0. The average molecular weight is 329 g/mol. The number of anilines is 1. The van der Waals surface area contributed by atoms with Gasteiger partial charge < -0.3 is 10.1 Å². The molecule has 0 bridgehead atoms. The van der Waals surface area contributed by atoms with Gasteiger partial charge in [0.25, 0.3) is 5.82 Å². The molecule has 1 aliphatic carbocycles. The van der Waals surface area contributed by atoms with Crippen molar-refractivity contribution in [1.29, 1.82) is 0 Å². The molecule has 0 aliphatic heterocycles. The molecule has 2 aromatic rings. The standard InChI is InChI=1S/C14H18F3N5O/c1-8-9(2)11-19-20-12(14(15,16)17)22(11)21-10(8)18-7-13(23-3)5-4-6-13/h4-7H2,1-3H3,(H,18,21). The number of hydrogen-bond acceptors (Lipinski definition) is 5. The van der Waals surface area contributed by atoms with Crippen molar-refractivity contribution in [3.05, 3.63) is 17.0 Å². The number of nitrogens with one attached hydrogen (secondary N) is 1. The van der Waals surface area contributed by atoms with Crippen molar-refractivity contribution < 1.29 is 17.9 Å². The third-order valence-corrected chi connectivity index (χ3v) is 4.62. The first-order valence-electron chi connectivity index (χ1n) is 7.36. The Balaban J connectivity index is 1.98. The van der Waals surface area contributed by atoms with Gasteiger partial charge in [0, 0.05) is 19.2 Å². The summed E-state index contributed by atoms with van der Waals surface area (Å²) in [6.07, 6.45) is -1.66. The van der Waals surface area contributed by atoms with Crippen LogP contribution in [-0.4, -0.2) is 39.1 Å². The third kappa shape index (κ3) is 2.62. The number of aryl methyl sites for hydroxylation is 1. The van der Waals surface area contributed by atoms with Gasteiger partial charge in [-0.1, -0.05) is 0 Å². The molecule has 0 radical (unpaired) electrons. The molecule has 0 aromatic carbocycles. The maximum Gasteiger partial charge on any atom is 0.453 e. The molecule has 1 saturated carbocycles. The fourth-order valence-corrected chi connectivity index (χ4v) is 2.74. The number of aromatic nitrogens is 4. The largest absolute Gasteiger partial charge is 0.453 e. The summed E-state index contributed by atoms with van der Waals surface area (Å²) in [7, 11) is 1.65. The number of ether oxygens (including phenoxy) is 1. The van der Waals surface area contributed by atoms with Crippen molar-refractivity contribution in [2.45, 2.75) is 44.9 Å². The van der Waals surface area contributed by atoms with E-state index in [4.69, 9.17) is 4.74 Å². The smallest absolute Gasteiger partial charge is 0.376 e. The van der Waals surface area contributed by atoms with E-state index in [0.29, 0.717) is 17.9 Å². The molecule has 23 heavy (non-hydrogen) atoms. The minimum Gasteiger partial charge on any atom is -0.376 e. The molecule has 2 aromatic heterocycles. The average Bonchev–Trinajstić information content (AvgIpc) is 2.87. The molecule has 9 heteroatoms. The van der Waals surface area contributed by atoms with Crippen LogP contribution in [0, 0.1) is 13.8 Å². The molecule has 1 fully saturated rings. The lowest BCUT2D eigenvalue weighted by Crippen LogP contribution is -2.45. The van der Waals surface area contributed by atoms with E-state index in [9.17, 15) is 13.2 Å². The number of halogens is 3. The maximum absolute atomic E-state index is 13.0. The lowest BCUT2D eigenvalue weighted by atomic mass is 9.80. The molecule has 6 nitrogen and oxygen atoms in total. The summed E-state index contributed by atoms with van der Waals surface area (Å²) < 4.78 is 45.3. The predicted molar refractivity (Wildman–Crippen MR) is 77.3 cm³/mol. The quantitative estimate of drug-likeness (QED) is 0.934. The van der Waals surface area contributed by atoms with Gasteiger partial charge in [0.15, 0.2) is 5.65 Å². The second kappa shape index (κ2) is 5.33. The van der Waals surface area contributed by atoms with Gasteiger partial charge >= 0.3 is 6.18 Å². The van der Waals surface area contributed by atoms with Crippen LogP contribution < -0.4 is 5.32 Å². The van der Waals surface area contributed by atoms with E-state index in [2.05, 4.69) is 20.6 Å². The van der Waals surface area contributed by atoms with Gasteiger partial charge in [0.2, 0.25) is 0 Å². The molecule has 0 saturated heterocycles. The van der Waals surface area contributed by atoms with E-state index in [1.54, 1.807) is 21.0 Å². The summed E-state index contributed by atoms with van der Waals surface area (Å²) >= 11 is 0. The van der Waals surface area contributed by atoms with Crippen molar-refractivity contribution in [2.24, 2.45) is 0 Å². The summed E-state index contributed by atoms with van der Waals surface area (Å²) in [5.74, 6) is -0.729. The molecule has 2 heterocycles. The van der Waals surface area contributed by atoms with Gasteiger partial charge in [0.05, 0.1) is 5.60 Å². The highest BCUT2D eigenvalue weighted by Crippen LogP contribution is 2.35. The summed E-state index contributed by atoms with van der Waals surface area (Å²) in [5.41, 5.74) is 1.23. The SMILES string of the molecule is COC1(CNc2nn3c(C(F)(F)F)nnc3c(C)c2C)CCC1. The minimum absolute atomic E-state index is 0.116. The number of alkyl halides is 3. The summed E-state index contributed by atoms with van der Waals surface area (Å²) in [5, 5.41) is 14.0. The molecule has 3 rings (SSSR count). The summed E-state index contributed by atoms with van der Waals surface area (Å²) in [6, 6.07) is 0. The lowest BCUT2D eigenvalue weighted by Gasteiger charge is -2.40. The van der Waals surface area contributed by atoms with Crippen LogP contribution in [0.15, 0.2) is 0 Å². The van der Waals surface area contributed by atoms with Crippen LogP contribution in [0.1, 0.15) is 36.2 Å². The highest BCUT2D eigenvalue weighted by atomic mass is 19.4. The molecule has 0 amide bonds. The second-order valence-corrected chi connectivity index (χ2v) is 5.95. The normalized spacial score (nSPS) is 17.3. The Labute approximate surface area is 131 Å². The molecule has 0 spiro atoms. The van der Waals surface area contributed by atoms with Gasteiger partial charge in [-0.3, -0.25) is 0 Å². The summed E-state index contributed by atoms with van der Waals surface area (Å²) in [6.45, 7) is 4.01. The van der Waals surface area contributed by atoms with E-state index < -0.39 is 12.0 Å². The molecule has 0 atom stereocenters. The van der Waals surface area contributed by atoms with E-state index in [-0.39, 0.29) is 11.2 Å². The highest BCUT2D eigenvalue weighted by molar-refractivity contribution is 5.58. The van der Waals surface area contributed by atoms with E-state index in [1.165, 1.54) is 0 Å². The van der Waals surface area contributed by atoms with Gasteiger partial charge in [0.1, 0.15) is 5.82 Å². The van der Waals surface area contributed by atoms with Gasteiger partial charge in [-0.2, -0.15) is 17.7 Å². The minimum atomic E-state index is -4.60. The zero-order valence-electron chi connectivity index (χ0n) is 13.2. The van der Waals surface area contributed by atoms with E-state index >= 15 is 0 Å². The lowest BCUT2D eigenvalue weighted by molar-refractivity contribution is -0.146. The molecular formula is C14H18F3N5O. The predicted octanol–water partition coefficient (Wildman–Crippen LogP) is 2.74. The first-order valence-corrected chi connectivity index (χ1v) is 7.36. The Hall–Kier alpha value is -1.90. The van der Waals surface area contributed by atoms with Crippen molar-refractivity contribution in [3.63, 3.8) is 0 Å². The fraction of sp³-hybridized carbons (Fsp3) is 0.643. The van der Waals surface area contributed by atoms with E-state index in [1.807, 2.05) is 0 Å². The number of methoxy groups -OCH3 is 1. The van der Waals surface area contributed by atoms with Crippen molar-refractivity contribution in [1.82, 2.24) is 19.8 Å². The Morgan fingerprint density at radius 3 is 2.43 bits per heavy atom. The fourth-order valence-electron chi connectivity index (χ4n) is 2.74. The van der Waals surface area contributed by atoms with Crippen molar-refractivity contribution in [2.75, 3.05) is 19.0 Å². The maximum atomic E-state index is 13.0. The van der Waals surface area contributed by atoms with Gasteiger partial charge in [-0.25, -0.2) is 0 Å². The molecular weight excluding hydrogens is 311 g/mol. The number of nitrogens with zero attached hydrogens (tertiary/aromatic N) is 4. The molecule has 1 N–H and O–H groups in total. The second-order valence-electron chi connectivity index (χ2n) is 5.95. The summed E-state index contributed by atoms with van der Waals surface area (Å²) in [4.78, 5) is 0. The van der Waals surface area contributed by atoms with Crippen LogP contribution in [0.2, 0.25) is 0 Å².